The SMILES string of the molecule is CC1=C(C(=O)O)[C@H](c2cccc([N+](=O)[O-])c2)CC(=O)N1.CC1=C(C(=O)OCOC(=O)C(C)C)[C@H](c2cccc([N+](=O)[O-])c2)CC(=O)N1.CCO.[Na+].[OH-]. The van der Waals surface area contributed by atoms with Gasteiger partial charge in [-0.2, -0.15) is 0 Å². The number of rotatable bonds is 9. The van der Waals surface area contributed by atoms with Crippen molar-refractivity contribution in [1.82, 2.24) is 10.6 Å². The van der Waals surface area contributed by atoms with E-state index in [4.69, 9.17) is 14.6 Å². The van der Waals surface area contributed by atoms with Crippen molar-refractivity contribution in [2.45, 2.75) is 59.3 Å². The second-order valence-electron chi connectivity index (χ2n) is 11.2. The molecule has 2 aliphatic heterocycles. The number of nitrogens with one attached hydrogen (secondary N) is 2. The molecule has 2 aromatic carbocycles. The largest absolute Gasteiger partial charge is 1.00 e. The maximum atomic E-state index is 12.5. The summed E-state index contributed by atoms with van der Waals surface area (Å²) in [5.41, 5.74) is 1.41. The summed E-state index contributed by atoms with van der Waals surface area (Å²) in [5.74, 6) is -4.78. The number of nitro groups is 2. The van der Waals surface area contributed by atoms with E-state index >= 15 is 0 Å². The summed E-state index contributed by atoms with van der Waals surface area (Å²) in [4.78, 5) is 79.5. The fourth-order valence-electron chi connectivity index (χ4n) is 5.02. The first-order valence-corrected chi connectivity index (χ1v) is 15.2. The average Bonchev–Trinajstić information content (AvgIpc) is 3.04. The minimum absolute atomic E-state index is 0. The fourth-order valence-corrected chi connectivity index (χ4v) is 5.02. The number of ether oxygens (including phenoxy) is 2. The molecular weight excluding hydrogens is 699 g/mol. The van der Waals surface area contributed by atoms with Crippen LogP contribution in [0.3, 0.4) is 0 Å². The van der Waals surface area contributed by atoms with Crippen molar-refractivity contribution in [2.75, 3.05) is 13.4 Å². The van der Waals surface area contributed by atoms with Gasteiger partial charge in [0.25, 0.3) is 11.4 Å². The molecule has 0 radical (unpaired) electrons. The summed E-state index contributed by atoms with van der Waals surface area (Å²) in [6.07, 6.45) is -0.102. The smallest absolute Gasteiger partial charge is 0.870 e. The molecule has 2 aliphatic rings. The molecule has 2 atom stereocenters. The number of carbonyl (C=O) groups excluding carboxylic acids is 4. The molecule has 2 amide bonds. The van der Waals surface area contributed by atoms with Crippen LogP contribution in [0.5, 0.6) is 0 Å². The maximum absolute atomic E-state index is 12.5. The summed E-state index contributed by atoms with van der Waals surface area (Å²) in [6, 6.07) is 11.4. The van der Waals surface area contributed by atoms with Crippen LogP contribution >= 0.6 is 0 Å². The van der Waals surface area contributed by atoms with Crippen LogP contribution < -0.4 is 40.2 Å². The minimum Gasteiger partial charge on any atom is -0.870 e. The van der Waals surface area contributed by atoms with Crippen molar-refractivity contribution >= 4 is 41.1 Å². The van der Waals surface area contributed by atoms with E-state index in [2.05, 4.69) is 10.6 Å². The van der Waals surface area contributed by atoms with Gasteiger partial charge in [0, 0.05) is 66.9 Å². The number of carboxylic acid groups (broad SMARTS) is 1. The monoisotopic (exact) mass is 738 g/mol. The van der Waals surface area contributed by atoms with Crippen LogP contribution in [0.2, 0.25) is 0 Å². The Balaban J connectivity index is 0.000000927. The predicted octanol–water partition coefficient (Wildman–Crippen LogP) is 0.555. The van der Waals surface area contributed by atoms with Gasteiger partial charge in [-0.15, -0.1) is 0 Å². The van der Waals surface area contributed by atoms with Gasteiger partial charge in [0.2, 0.25) is 18.6 Å². The number of non-ortho nitro benzene ring substituents is 2. The topological polar surface area (TPSA) is 285 Å². The number of carboxylic acids is 1. The van der Waals surface area contributed by atoms with Crippen molar-refractivity contribution in [2.24, 2.45) is 5.92 Å². The molecule has 2 heterocycles. The number of aliphatic hydroxyl groups is 1. The zero-order chi connectivity index (χ0) is 37.7. The molecule has 2 aromatic rings. The average molecular weight is 739 g/mol. The number of esters is 2. The van der Waals surface area contributed by atoms with Gasteiger partial charge in [-0.3, -0.25) is 34.6 Å². The molecule has 0 saturated carbocycles. The summed E-state index contributed by atoms with van der Waals surface area (Å²) in [6.45, 7) is 7.71. The van der Waals surface area contributed by atoms with Crippen LogP contribution in [0.15, 0.2) is 71.1 Å². The van der Waals surface area contributed by atoms with Crippen molar-refractivity contribution < 1.29 is 88.5 Å². The number of benzene rings is 2. The molecule has 0 saturated heterocycles. The Labute approximate surface area is 320 Å². The van der Waals surface area contributed by atoms with Crippen LogP contribution in [-0.4, -0.2) is 68.7 Å². The summed E-state index contributed by atoms with van der Waals surface area (Å²) in [7, 11) is 0. The second-order valence-corrected chi connectivity index (χ2v) is 11.2. The van der Waals surface area contributed by atoms with Gasteiger partial charge in [0.1, 0.15) is 0 Å². The molecule has 5 N–H and O–H groups in total. The van der Waals surface area contributed by atoms with E-state index in [9.17, 15) is 49.3 Å². The van der Waals surface area contributed by atoms with Gasteiger partial charge in [0.05, 0.1) is 26.9 Å². The number of nitro benzene ring substituents is 2. The Bertz CT molecular complexity index is 1720. The van der Waals surface area contributed by atoms with E-state index in [-0.39, 0.29) is 100 Å². The first kappa shape index (κ1) is 47.0. The van der Waals surface area contributed by atoms with Crippen LogP contribution in [0.25, 0.3) is 0 Å². The molecule has 4 rings (SSSR count). The van der Waals surface area contributed by atoms with Gasteiger partial charge in [-0.25, -0.2) is 9.59 Å². The Kier molecular flexibility index (Phi) is 19.9. The number of hydrogen-bond donors (Lipinski definition) is 4. The fraction of sp³-hybridized carbons (Fsp3) is 0.364. The molecule has 52 heavy (non-hydrogen) atoms. The summed E-state index contributed by atoms with van der Waals surface area (Å²) < 4.78 is 9.84. The van der Waals surface area contributed by atoms with E-state index in [1.807, 2.05) is 0 Å². The molecule has 0 unspecified atom stereocenters. The van der Waals surface area contributed by atoms with Crippen LogP contribution in [0.4, 0.5) is 11.4 Å². The molecule has 0 spiro atoms. The number of nitrogens with zero attached hydrogens (tertiary/aromatic N) is 2. The summed E-state index contributed by atoms with van der Waals surface area (Å²) >= 11 is 0. The quantitative estimate of drug-likeness (QED) is 0.0899. The third kappa shape index (κ3) is 13.3. The number of aliphatic carboxylic acids is 1. The normalized spacial score (nSPS) is 16.2. The molecule has 19 heteroatoms. The van der Waals surface area contributed by atoms with Gasteiger partial charge < -0.3 is 35.8 Å². The first-order chi connectivity index (χ1) is 23.5. The Morgan fingerprint density at radius 1 is 0.846 bits per heavy atom. The molecule has 276 valence electrons. The zero-order valence-electron chi connectivity index (χ0n) is 29.4. The molecule has 0 bridgehead atoms. The molecule has 18 nitrogen and oxygen atoms in total. The predicted molar refractivity (Wildman–Crippen MR) is 177 cm³/mol. The van der Waals surface area contributed by atoms with Crippen LogP contribution in [-0.2, 0) is 33.4 Å². The third-order valence-electron chi connectivity index (χ3n) is 7.22. The van der Waals surface area contributed by atoms with Gasteiger partial charge >= 0.3 is 47.5 Å². The maximum Gasteiger partial charge on any atom is 1.00 e. The Morgan fingerprint density at radius 3 is 1.63 bits per heavy atom. The van der Waals surface area contributed by atoms with Crippen molar-refractivity contribution in [3.8, 4) is 0 Å². The van der Waals surface area contributed by atoms with Gasteiger partial charge in [0.15, 0.2) is 0 Å². The van der Waals surface area contributed by atoms with Crippen molar-refractivity contribution in [1.29, 1.82) is 0 Å². The van der Waals surface area contributed by atoms with E-state index < -0.39 is 46.4 Å². The Morgan fingerprint density at radius 2 is 1.25 bits per heavy atom. The second kappa shape index (κ2) is 22.0. The zero-order valence-corrected chi connectivity index (χ0v) is 31.4. The first-order valence-electron chi connectivity index (χ1n) is 15.2. The number of hydrogen-bond acceptors (Lipinski definition) is 13. The minimum atomic E-state index is -1.14. The van der Waals surface area contributed by atoms with Crippen LogP contribution in [0, 0.1) is 26.1 Å². The van der Waals surface area contributed by atoms with Crippen LogP contribution in [0.1, 0.15) is 70.4 Å². The van der Waals surface area contributed by atoms with E-state index in [1.165, 1.54) is 50.2 Å². The van der Waals surface area contributed by atoms with Crippen molar-refractivity contribution in [3.05, 3.63) is 102 Å². The number of amides is 2. The van der Waals surface area contributed by atoms with Gasteiger partial charge in [-0.05, 0) is 31.9 Å². The van der Waals surface area contributed by atoms with E-state index in [0.717, 1.165) is 0 Å². The molecule has 0 aromatic heterocycles. The molecule has 0 aliphatic carbocycles. The Hall–Kier alpha value is -5.01. The third-order valence-corrected chi connectivity index (χ3v) is 7.22. The number of aliphatic hydroxyl groups excluding tert-OH is 1. The van der Waals surface area contributed by atoms with Crippen molar-refractivity contribution in [3.63, 3.8) is 0 Å². The number of allylic oxidation sites excluding steroid dienone is 2. The molecular formula is C33H39N4NaO14. The number of carbonyl (C=O) groups is 5. The van der Waals surface area contributed by atoms with E-state index in [1.54, 1.807) is 32.9 Å². The molecule has 0 fully saturated rings. The summed E-state index contributed by atoms with van der Waals surface area (Å²) in [5, 5.41) is 43.7. The van der Waals surface area contributed by atoms with E-state index in [0.29, 0.717) is 16.8 Å². The standard InChI is InChI=1S/C18H20N2O7.C13H12N2O5.C2H6O.Na.H2O/c1-10(2)17(22)26-9-27-18(23)16-11(3)19-15(21)8-14(16)12-5-4-6-13(7-12)20(24)25;1-7-12(13(17)18)10(6-11(16)14-7)8-3-2-4-9(5-8)15(19)20;1-2-3;;/h4-7,10,14H,8-9H2,1-3H3,(H,19,21);2-5,10H,6H2,1H3,(H,14,16)(H,17,18);3H,2H2,1H3;;1H2/q;;;+1;/p-1/t14-;10-;;;/m00.../s1. The van der Waals surface area contributed by atoms with Gasteiger partial charge in [-0.1, -0.05) is 38.1 Å².